The molecule has 0 bridgehead atoms. The largest absolute Gasteiger partial charge is 0.386 e. The second-order valence-electron chi connectivity index (χ2n) is 4.22. The lowest BCUT2D eigenvalue weighted by molar-refractivity contribution is 0.193. The third-order valence-electron chi connectivity index (χ3n) is 1.77. The summed E-state index contributed by atoms with van der Waals surface area (Å²) >= 11 is 1.73. The zero-order valence-electron chi connectivity index (χ0n) is 9.06. The molecule has 0 fully saturated rings. The summed E-state index contributed by atoms with van der Waals surface area (Å²) in [5, 5.41) is 17.3. The predicted octanol–water partition coefficient (Wildman–Crippen LogP) is 1.38. The van der Waals surface area contributed by atoms with Gasteiger partial charge in [0.15, 0.2) is 0 Å². The number of aromatic nitrogens is 3. The summed E-state index contributed by atoms with van der Waals surface area (Å²) in [5.41, 5.74) is 0.766. The van der Waals surface area contributed by atoms with Crippen LogP contribution in [0.4, 0.5) is 0 Å². The van der Waals surface area contributed by atoms with E-state index < -0.39 is 6.10 Å². The Morgan fingerprint density at radius 1 is 1.57 bits per heavy atom. The van der Waals surface area contributed by atoms with Gasteiger partial charge in [-0.15, -0.1) is 5.10 Å². The lowest BCUT2D eigenvalue weighted by Crippen LogP contribution is -2.14. The number of nitrogens with zero attached hydrogens (tertiary/aromatic N) is 3. The highest BCUT2D eigenvalue weighted by molar-refractivity contribution is 8.00. The van der Waals surface area contributed by atoms with Crippen molar-refractivity contribution in [1.29, 1.82) is 0 Å². The molecule has 0 spiro atoms. The predicted molar refractivity (Wildman–Crippen MR) is 58.2 cm³/mol. The molecule has 5 heteroatoms. The summed E-state index contributed by atoms with van der Waals surface area (Å²) < 4.78 is 1.78. The first-order chi connectivity index (χ1) is 6.40. The van der Waals surface area contributed by atoms with Gasteiger partial charge in [0.05, 0.1) is 11.9 Å². The van der Waals surface area contributed by atoms with Gasteiger partial charge in [-0.3, -0.25) is 0 Å². The van der Waals surface area contributed by atoms with Crippen molar-refractivity contribution >= 4 is 11.8 Å². The van der Waals surface area contributed by atoms with Crippen LogP contribution in [0.15, 0.2) is 6.20 Å². The summed E-state index contributed by atoms with van der Waals surface area (Å²) in [6.07, 6.45) is 1.12. The summed E-state index contributed by atoms with van der Waals surface area (Å²) in [7, 11) is 1.79. The maximum absolute atomic E-state index is 9.83. The quantitative estimate of drug-likeness (QED) is 0.827. The lowest BCUT2D eigenvalue weighted by atomic mass is 10.3. The Balaban J connectivity index is 2.51. The molecule has 0 radical (unpaired) electrons. The van der Waals surface area contributed by atoms with E-state index in [2.05, 4.69) is 31.1 Å². The van der Waals surface area contributed by atoms with Gasteiger partial charge < -0.3 is 5.11 Å². The summed E-state index contributed by atoms with van der Waals surface area (Å²) in [4.78, 5) is 0. The Labute approximate surface area is 88.7 Å². The number of aryl methyl sites for hydroxylation is 1. The smallest absolute Gasteiger partial charge is 0.106 e. The molecule has 0 aliphatic heterocycles. The monoisotopic (exact) mass is 215 g/mol. The van der Waals surface area contributed by atoms with E-state index in [0.717, 1.165) is 5.69 Å². The first-order valence-corrected chi connectivity index (χ1v) is 5.55. The molecule has 1 rings (SSSR count). The number of rotatable bonds is 3. The lowest BCUT2D eigenvalue weighted by Gasteiger charge is -2.19. The zero-order valence-corrected chi connectivity index (χ0v) is 9.88. The maximum Gasteiger partial charge on any atom is 0.106 e. The highest BCUT2D eigenvalue weighted by Gasteiger charge is 2.17. The van der Waals surface area contributed by atoms with E-state index in [0.29, 0.717) is 5.75 Å². The van der Waals surface area contributed by atoms with Crippen LogP contribution in [0.25, 0.3) is 0 Å². The summed E-state index contributed by atoms with van der Waals surface area (Å²) in [5.74, 6) is 0.671. The van der Waals surface area contributed by atoms with Crippen molar-refractivity contribution in [2.75, 3.05) is 5.75 Å². The Morgan fingerprint density at radius 3 is 2.64 bits per heavy atom. The van der Waals surface area contributed by atoms with Gasteiger partial charge >= 0.3 is 0 Å². The molecule has 80 valence electrons. The van der Waals surface area contributed by atoms with Gasteiger partial charge in [-0.2, -0.15) is 11.8 Å². The number of thioether (sulfide) groups is 1. The Bertz CT molecular complexity index is 292. The molecule has 0 saturated heterocycles. The molecule has 1 atom stereocenters. The van der Waals surface area contributed by atoms with Gasteiger partial charge in [-0.25, -0.2) is 4.68 Å². The average molecular weight is 215 g/mol. The molecule has 1 aromatic rings. The second kappa shape index (κ2) is 4.31. The number of aliphatic hydroxyl groups excluding tert-OH is 1. The molecule has 0 aromatic carbocycles. The van der Waals surface area contributed by atoms with Crippen LogP contribution < -0.4 is 0 Å². The van der Waals surface area contributed by atoms with Crippen LogP contribution in [0.3, 0.4) is 0 Å². The van der Waals surface area contributed by atoms with Gasteiger partial charge in [-0.05, 0) is 0 Å². The van der Waals surface area contributed by atoms with Gasteiger partial charge in [0.2, 0.25) is 0 Å². The van der Waals surface area contributed by atoms with Crippen LogP contribution in [0.1, 0.15) is 32.6 Å². The molecule has 4 nitrogen and oxygen atoms in total. The molecule has 0 aliphatic rings. The first-order valence-electron chi connectivity index (χ1n) is 4.57. The number of hydrogen-bond acceptors (Lipinski definition) is 4. The molecular weight excluding hydrogens is 198 g/mol. The first kappa shape index (κ1) is 11.5. The zero-order chi connectivity index (χ0) is 10.8. The molecule has 1 unspecified atom stereocenters. The van der Waals surface area contributed by atoms with E-state index in [9.17, 15) is 5.11 Å². The van der Waals surface area contributed by atoms with Gasteiger partial charge in [0.25, 0.3) is 0 Å². The summed E-state index contributed by atoms with van der Waals surface area (Å²) in [6.45, 7) is 6.39. The van der Waals surface area contributed by atoms with Crippen LogP contribution >= 0.6 is 11.8 Å². The normalized spacial score (nSPS) is 14.4. The van der Waals surface area contributed by atoms with Crippen molar-refractivity contribution in [1.82, 2.24) is 15.0 Å². The molecule has 0 saturated carbocycles. The molecule has 1 N–H and O–H groups in total. The molecule has 14 heavy (non-hydrogen) atoms. The van der Waals surface area contributed by atoms with Gasteiger partial charge in [0.1, 0.15) is 6.10 Å². The fraction of sp³-hybridized carbons (Fsp3) is 0.778. The van der Waals surface area contributed by atoms with E-state index in [4.69, 9.17) is 0 Å². The third-order valence-corrected chi connectivity index (χ3v) is 3.11. The fourth-order valence-corrected chi connectivity index (χ4v) is 1.84. The van der Waals surface area contributed by atoms with Crippen LogP contribution in [0, 0.1) is 0 Å². The van der Waals surface area contributed by atoms with E-state index >= 15 is 0 Å². The minimum absolute atomic E-state index is 0.174. The molecule has 0 aliphatic carbocycles. The average Bonchev–Trinajstić information content (AvgIpc) is 2.46. The van der Waals surface area contributed by atoms with E-state index in [1.54, 1.807) is 29.7 Å². The molecular formula is C9H17N3OS. The number of hydrogen-bond donors (Lipinski definition) is 1. The van der Waals surface area contributed by atoms with Crippen molar-refractivity contribution in [3.63, 3.8) is 0 Å². The third kappa shape index (κ3) is 3.31. The van der Waals surface area contributed by atoms with Crippen molar-refractivity contribution in [3.8, 4) is 0 Å². The van der Waals surface area contributed by atoms with E-state index in [1.165, 1.54) is 0 Å². The standard InChI is InChI=1S/C9H17N3OS/c1-9(2,3)14-6-8(13)7-5-10-11-12(7)4/h5,8,13H,6H2,1-4H3. The second-order valence-corrected chi connectivity index (χ2v) is 6.07. The van der Waals surface area contributed by atoms with Crippen molar-refractivity contribution in [3.05, 3.63) is 11.9 Å². The SMILES string of the molecule is Cn1nncc1C(O)CSC(C)(C)C. The van der Waals surface area contributed by atoms with Crippen LogP contribution in [-0.2, 0) is 7.05 Å². The van der Waals surface area contributed by atoms with E-state index in [1.807, 2.05) is 0 Å². The Kier molecular flexibility index (Phi) is 3.55. The van der Waals surface area contributed by atoms with Crippen LogP contribution in [0.2, 0.25) is 0 Å². The Hall–Kier alpha value is -0.550. The molecule has 0 amide bonds. The van der Waals surface area contributed by atoms with Crippen molar-refractivity contribution in [2.45, 2.75) is 31.6 Å². The van der Waals surface area contributed by atoms with Crippen LogP contribution in [0.5, 0.6) is 0 Å². The molecule has 1 heterocycles. The highest BCUT2D eigenvalue weighted by Crippen LogP contribution is 2.27. The minimum Gasteiger partial charge on any atom is -0.386 e. The van der Waals surface area contributed by atoms with E-state index in [-0.39, 0.29) is 4.75 Å². The van der Waals surface area contributed by atoms with Crippen molar-refractivity contribution < 1.29 is 5.11 Å². The van der Waals surface area contributed by atoms with Gasteiger partial charge in [-0.1, -0.05) is 26.0 Å². The van der Waals surface area contributed by atoms with Gasteiger partial charge in [0, 0.05) is 17.5 Å². The minimum atomic E-state index is -0.487. The topological polar surface area (TPSA) is 50.9 Å². The molecule has 1 aromatic heterocycles. The number of aliphatic hydroxyl groups is 1. The fourth-order valence-electron chi connectivity index (χ4n) is 1.01. The maximum atomic E-state index is 9.83. The van der Waals surface area contributed by atoms with Crippen molar-refractivity contribution in [2.24, 2.45) is 7.05 Å². The van der Waals surface area contributed by atoms with Crippen LogP contribution in [-0.4, -0.2) is 30.6 Å². The highest BCUT2D eigenvalue weighted by atomic mass is 32.2. The summed E-state index contributed by atoms with van der Waals surface area (Å²) in [6, 6.07) is 0. The Morgan fingerprint density at radius 2 is 2.21 bits per heavy atom.